The fourth-order valence-corrected chi connectivity index (χ4v) is 4.39. The molecule has 0 unspecified atom stereocenters. The normalized spacial score (nSPS) is 11.3. The van der Waals surface area contributed by atoms with E-state index < -0.39 is 16.0 Å². The SMILES string of the molecule is CCOC(=O)c1ccc(NS(=O)(=O)c2cn(C)nc2-c2cccs2)cc1. The van der Waals surface area contributed by atoms with Crippen LogP contribution in [0.15, 0.2) is 52.9 Å². The van der Waals surface area contributed by atoms with Gasteiger partial charge in [0.25, 0.3) is 10.0 Å². The average molecular weight is 391 g/mol. The number of nitrogens with zero attached hydrogens (tertiary/aromatic N) is 2. The first-order valence-electron chi connectivity index (χ1n) is 7.78. The molecular formula is C17H17N3O4S2. The molecule has 2 heterocycles. The summed E-state index contributed by atoms with van der Waals surface area (Å²) in [5.74, 6) is -0.450. The monoisotopic (exact) mass is 391 g/mol. The standard InChI is InChI=1S/C17H17N3O4S2/c1-3-24-17(21)12-6-8-13(9-7-12)19-26(22,23)15-11-20(2)18-16(15)14-5-4-10-25-14/h4-11,19H,3H2,1-2H3. The van der Waals surface area contributed by atoms with Crippen LogP contribution in [0.4, 0.5) is 5.69 Å². The van der Waals surface area contributed by atoms with Crippen LogP contribution in [0, 0.1) is 0 Å². The van der Waals surface area contributed by atoms with Gasteiger partial charge in [0.05, 0.1) is 17.0 Å². The molecule has 9 heteroatoms. The molecule has 0 aliphatic rings. The largest absolute Gasteiger partial charge is 0.462 e. The molecule has 0 atom stereocenters. The molecule has 0 aliphatic heterocycles. The van der Waals surface area contributed by atoms with Gasteiger partial charge in [-0.1, -0.05) is 6.07 Å². The number of carbonyl (C=O) groups is 1. The highest BCUT2D eigenvalue weighted by Gasteiger charge is 2.24. The molecule has 0 amide bonds. The lowest BCUT2D eigenvalue weighted by atomic mass is 10.2. The lowest BCUT2D eigenvalue weighted by Gasteiger charge is -2.08. The van der Waals surface area contributed by atoms with E-state index in [1.807, 2.05) is 17.5 Å². The number of carbonyl (C=O) groups excluding carboxylic acids is 1. The summed E-state index contributed by atoms with van der Waals surface area (Å²) in [4.78, 5) is 12.5. The van der Waals surface area contributed by atoms with Crippen molar-refractivity contribution < 1.29 is 17.9 Å². The zero-order valence-corrected chi connectivity index (χ0v) is 15.8. The van der Waals surface area contributed by atoms with Crippen molar-refractivity contribution in [2.24, 2.45) is 7.05 Å². The van der Waals surface area contributed by atoms with Gasteiger partial charge in [-0.15, -0.1) is 11.3 Å². The first-order chi connectivity index (χ1) is 12.4. The molecule has 3 aromatic rings. The molecule has 0 radical (unpaired) electrons. The van der Waals surface area contributed by atoms with Crippen LogP contribution in [-0.4, -0.2) is 30.8 Å². The number of hydrogen-bond donors (Lipinski definition) is 1. The molecule has 7 nitrogen and oxygen atoms in total. The maximum atomic E-state index is 12.8. The Morgan fingerprint density at radius 1 is 1.27 bits per heavy atom. The van der Waals surface area contributed by atoms with Crippen molar-refractivity contribution in [3.05, 3.63) is 53.5 Å². The van der Waals surface area contributed by atoms with Gasteiger partial charge in [0.2, 0.25) is 0 Å². The van der Waals surface area contributed by atoms with Gasteiger partial charge in [0.15, 0.2) is 0 Å². The molecule has 0 bridgehead atoms. The summed E-state index contributed by atoms with van der Waals surface area (Å²) in [6.45, 7) is 2.00. The van der Waals surface area contributed by atoms with Crippen molar-refractivity contribution in [3.8, 4) is 10.6 Å². The van der Waals surface area contributed by atoms with Gasteiger partial charge in [-0.25, -0.2) is 13.2 Å². The Hall–Kier alpha value is -2.65. The van der Waals surface area contributed by atoms with Crippen LogP contribution in [0.3, 0.4) is 0 Å². The molecule has 0 saturated heterocycles. The van der Waals surface area contributed by atoms with E-state index in [4.69, 9.17) is 4.74 Å². The first-order valence-corrected chi connectivity index (χ1v) is 10.1. The molecule has 1 aromatic carbocycles. The van der Waals surface area contributed by atoms with E-state index >= 15 is 0 Å². The summed E-state index contributed by atoms with van der Waals surface area (Å²) >= 11 is 1.42. The quantitative estimate of drug-likeness (QED) is 0.652. The maximum absolute atomic E-state index is 12.8. The molecule has 1 N–H and O–H groups in total. The van der Waals surface area contributed by atoms with Crippen LogP contribution in [0.2, 0.25) is 0 Å². The van der Waals surface area contributed by atoms with Gasteiger partial charge in [-0.3, -0.25) is 9.40 Å². The summed E-state index contributed by atoms with van der Waals surface area (Å²) in [7, 11) is -2.16. The zero-order valence-electron chi connectivity index (χ0n) is 14.2. The highest BCUT2D eigenvalue weighted by atomic mass is 32.2. The Bertz CT molecular complexity index is 1010. The molecule has 26 heavy (non-hydrogen) atoms. The molecular weight excluding hydrogens is 374 g/mol. The fourth-order valence-electron chi connectivity index (χ4n) is 2.35. The van der Waals surface area contributed by atoms with Gasteiger partial charge < -0.3 is 4.74 Å². The third-order valence-electron chi connectivity index (χ3n) is 3.49. The molecule has 3 rings (SSSR count). The predicted molar refractivity (Wildman–Crippen MR) is 99.7 cm³/mol. The van der Waals surface area contributed by atoms with Gasteiger partial charge in [-0.2, -0.15) is 5.10 Å². The summed E-state index contributed by atoms with van der Waals surface area (Å²) in [5, 5.41) is 6.13. The molecule has 0 saturated carbocycles. The van der Waals surface area contributed by atoms with E-state index in [0.717, 1.165) is 4.88 Å². The lowest BCUT2D eigenvalue weighted by molar-refractivity contribution is 0.0526. The van der Waals surface area contributed by atoms with Crippen LogP contribution in [0.25, 0.3) is 10.6 Å². The Morgan fingerprint density at radius 2 is 2.00 bits per heavy atom. The number of esters is 1. The summed E-state index contributed by atoms with van der Waals surface area (Å²) < 4.78 is 34.5. The van der Waals surface area contributed by atoms with Gasteiger partial charge in [-0.05, 0) is 42.6 Å². The van der Waals surface area contributed by atoms with Gasteiger partial charge in [0.1, 0.15) is 10.6 Å². The van der Waals surface area contributed by atoms with Crippen LogP contribution in [0.1, 0.15) is 17.3 Å². The summed E-state index contributed by atoms with van der Waals surface area (Å²) in [6.07, 6.45) is 1.46. The number of ether oxygens (including phenoxy) is 1. The highest BCUT2D eigenvalue weighted by Crippen LogP contribution is 2.30. The number of aromatic nitrogens is 2. The second-order valence-electron chi connectivity index (χ2n) is 5.40. The number of nitrogens with one attached hydrogen (secondary N) is 1. The molecule has 0 spiro atoms. The number of sulfonamides is 1. The van der Waals surface area contributed by atoms with Gasteiger partial charge in [0, 0.05) is 18.9 Å². The van der Waals surface area contributed by atoms with Crippen LogP contribution >= 0.6 is 11.3 Å². The van der Waals surface area contributed by atoms with Crippen molar-refractivity contribution in [1.29, 1.82) is 0 Å². The number of hydrogen-bond acceptors (Lipinski definition) is 6. The highest BCUT2D eigenvalue weighted by molar-refractivity contribution is 7.92. The third kappa shape index (κ3) is 3.78. The van der Waals surface area contributed by atoms with Crippen molar-refractivity contribution >= 4 is 33.0 Å². The molecule has 0 aliphatic carbocycles. The minimum atomic E-state index is -3.84. The Kier molecular flexibility index (Phi) is 5.10. The van der Waals surface area contributed by atoms with Crippen LogP contribution in [0.5, 0.6) is 0 Å². The predicted octanol–water partition coefficient (Wildman–Crippen LogP) is 3.13. The lowest BCUT2D eigenvalue weighted by Crippen LogP contribution is -2.13. The zero-order chi connectivity index (χ0) is 18.7. The minimum Gasteiger partial charge on any atom is -0.462 e. The molecule has 136 valence electrons. The molecule has 0 fully saturated rings. The third-order valence-corrected chi connectivity index (χ3v) is 5.75. The van der Waals surface area contributed by atoms with Crippen molar-refractivity contribution in [3.63, 3.8) is 0 Å². The van der Waals surface area contributed by atoms with Crippen LogP contribution < -0.4 is 4.72 Å². The Balaban J connectivity index is 1.87. The second kappa shape index (κ2) is 7.30. The van der Waals surface area contributed by atoms with E-state index in [0.29, 0.717) is 16.9 Å². The summed E-state index contributed by atoms with van der Waals surface area (Å²) in [5.41, 5.74) is 1.10. The van der Waals surface area contributed by atoms with E-state index in [-0.39, 0.29) is 11.5 Å². The number of anilines is 1. The van der Waals surface area contributed by atoms with E-state index in [1.54, 1.807) is 14.0 Å². The Labute approximate surface area is 155 Å². The smallest absolute Gasteiger partial charge is 0.338 e. The minimum absolute atomic E-state index is 0.0944. The second-order valence-corrected chi connectivity index (χ2v) is 7.99. The topological polar surface area (TPSA) is 90.3 Å². The van der Waals surface area contributed by atoms with Crippen molar-refractivity contribution in [2.75, 3.05) is 11.3 Å². The average Bonchev–Trinajstić information content (AvgIpc) is 3.24. The molecule has 2 aromatic heterocycles. The van der Waals surface area contributed by atoms with E-state index in [1.165, 1.54) is 46.5 Å². The van der Waals surface area contributed by atoms with E-state index in [9.17, 15) is 13.2 Å². The fraction of sp³-hybridized carbons (Fsp3) is 0.176. The Morgan fingerprint density at radius 3 is 2.62 bits per heavy atom. The number of thiophene rings is 1. The van der Waals surface area contributed by atoms with Crippen molar-refractivity contribution in [2.45, 2.75) is 11.8 Å². The van der Waals surface area contributed by atoms with Gasteiger partial charge >= 0.3 is 5.97 Å². The number of benzene rings is 1. The number of aryl methyl sites for hydroxylation is 1. The first kappa shape index (κ1) is 18.2. The van der Waals surface area contributed by atoms with E-state index in [2.05, 4.69) is 9.82 Å². The summed E-state index contributed by atoms with van der Waals surface area (Å²) in [6, 6.07) is 9.72. The maximum Gasteiger partial charge on any atom is 0.338 e. The van der Waals surface area contributed by atoms with Crippen molar-refractivity contribution in [1.82, 2.24) is 9.78 Å². The number of rotatable bonds is 6. The van der Waals surface area contributed by atoms with Crippen LogP contribution in [-0.2, 0) is 21.8 Å².